The van der Waals surface area contributed by atoms with E-state index in [4.69, 9.17) is 4.74 Å². The minimum atomic E-state index is -0.435. The summed E-state index contributed by atoms with van der Waals surface area (Å²) in [6.45, 7) is 2.36. The summed E-state index contributed by atoms with van der Waals surface area (Å²) in [7, 11) is 0. The first-order valence-electron chi connectivity index (χ1n) is 11.6. The van der Waals surface area contributed by atoms with Crippen molar-refractivity contribution in [1.82, 2.24) is 0 Å². The highest BCUT2D eigenvalue weighted by molar-refractivity contribution is 8.00. The van der Waals surface area contributed by atoms with E-state index in [1.165, 1.54) is 16.6 Å². The van der Waals surface area contributed by atoms with Crippen molar-refractivity contribution in [3.63, 3.8) is 0 Å². The average molecular weight is 480 g/mol. The Kier molecular flexibility index (Phi) is 8.24. The minimum absolute atomic E-state index is 0.129. The van der Waals surface area contributed by atoms with Gasteiger partial charge < -0.3 is 10.1 Å². The van der Waals surface area contributed by atoms with Crippen LogP contribution in [0.3, 0.4) is 0 Å². The monoisotopic (exact) mass is 479 g/mol. The largest absolute Gasteiger partial charge is 0.462 e. The number of thioether (sulfide) groups is 1. The number of anilines is 1. The van der Waals surface area contributed by atoms with Crippen LogP contribution in [-0.2, 0) is 22.4 Å². The van der Waals surface area contributed by atoms with E-state index in [-0.39, 0.29) is 11.9 Å². The van der Waals surface area contributed by atoms with Crippen molar-refractivity contribution < 1.29 is 14.3 Å². The fourth-order valence-electron chi connectivity index (χ4n) is 4.03. The molecule has 172 valence electrons. The third-order valence-electron chi connectivity index (χ3n) is 5.64. The summed E-state index contributed by atoms with van der Waals surface area (Å²) in [4.78, 5) is 28.8. The Morgan fingerprint density at radius 3 is 2.42 bits per heavy atom. The van der Waals surface area contributed by atoms with Gasteiger partial charge in [0.05, 0.1) is 12.2 Å². The van der Waals surface area contributed by atoms with Gasteiger partial charge in [0.25, 0.3) is 0 Å². The third-order valence-corrected chi connectivity index (χ3v) is 8.11. The van der Waals surface area contributed by atoms with Crippen LogP contribution >= 0.6 is 23.1 Å². The van der Waals surface area contributed by atoms with Crippen LogP contribution in [0.5, 0.6) is 0 Å². The van der Waals surface area contributed by atoms with Crippen molar-refractivity contribution in [2.24, 2.45) is 0 Å². The lowest BCUT2D eigenvalue weighted by atomic mass is 10.1. The van der Waals surface area contributed by atoms with Crippen LogP contribution in [0.15, 0.2) is 65.6 Å². The third kappa shape index (κ3) is 5.87. The Morgan fingerprint density at radius 1 is 1.00 bits per heavy atom. The maximum atomic E-state index is 13.6. The zero-order chi connectivity index (χ0) is 23.0. The Morgan fingerprint density at radius 2 is 1.70 bits per heavy atom. The van der Waals surface area contributed by atoms with Gasteiger partial charge >= 0.3 is 5.97 Å². The molecule has 1 aromatic heterocycles. The van der Waals surface area contributed by atoms with Crippen molar-refractivity contribution in [3.05, 3.63) is 82.2 Å². The summed E-state index contributed by atoms with van der Waals surface area (Å²) in [6.07, 6.45) is 5.91. The quantitative estimate of drug-likeness (QED) is 0.214. The first kappa shape index (κ1) is 23.6. The number of hydrogen-bond donors (Lipinski definition) is 1. The molecule has 0 bridgehead atoms. The minimum Gasteiger partial charge on any atom is -0.462 e. The van der Waals surface area contributed by atoms with E-state index in [9.17, 15) is 9.59 Å². The molecule has 1 atom stereocenters. The SMILES string of the molecule is CCCOC(=O)c1c(NC(=O)[C@@H](Sc2ccccc2)c2ccccc2)sc2c1CCCCC2. The molecule has 6 heteroatoms. The maximum absolute atomic E-state index is 13.6. The highest BCUT2D eigenvalue weighted by Gasteiger charge is 2.29. The Labute approximate surface area is 203 Å². The number of hydrogen-bond acceptors (Lipinski definition) is 5. The Hall–Kier alpha value is -2.57. The second-order valence-electron chi connectivity index (χ2n) is 8.12. The summed E-state index contributed by atoms with van der Waals surface area (Å²) in [5.41, 5.74) is 2.56. The van der Waals surface area contributed by atoms with Crippen LogP contribution in [0.4, 0.5) is 5.00 Å². The fraction of sp³-hybridized carbons (Fsp3) is 0.333. The highest BCUT2D eigenvalue weighted by atomic mass is 32.2. The number of carbonyl (C=O) groups is 2. The van der Waals surface area contributed by atoms with Gasteiger partial charge in [-0.3, -0.25) is 4.79 Å². The normalized spacial score (nSPS) is 14.1. The molecule has 4 nitrogen and oxygen atoms in total. The summed E-state index contributed by atoms with van der Waals surface area (Å²) >= 11 is 3.05. The van der Waals surface area contributed by atoms with Gasteiger partial charge in [-0.15, -0.1) is 23.1 Å². The van der Waals surface area contributed by atoms with Gasteiger partial charge in [0, 0.05) is 9.77 Å². The van der Waals surface area contributed by atoms with E-state index < -0.39 is 5.25 Å². The van der Waals surface area contributed by atoms with Gasteiger partial charge in [-0.05, 0) is 55.4 Å². The molecule has 0 saturated heterocycles. The Balaban J connectivity index is 1.65. The lowest BCUT2D eigenvalue weighted by Crippen LogP contribution is -2.20. The molecule has 0 saturated carbocycles. The first-order chi connectivity index (χ1) is 16.2. The van der Waals surface area contributed by atoms with Crippen molar-refractivity contribution in [2.45, 2.75) is 55.6 Å². The van der Waals surface area contributed by atoms with Gasteiger partial charge in [-0.25, -0.2) is 4.79 Å². The number of amides is 1. The lowest BCUT2D eigenvalue weighted by molar-refractivity contribution is -0.115. The van der Waals surface area contributed by atoms with Crippen LogP contribution in [0.25, 0.3) is 0 Å². The second-order valence-corrected chi connectivity index (χ2v) is 10.4. The van der Waals surface area contributed by atoms with E-state index >= 15 is 0 Å². The van der Waals surface area contributed by atoms with E-state index in [1.807, 2.05) is 67.6 Å². The standard InChI is InChI=1S/C27H29NO3S2/c1-2-18-31-27(30)23-21-16-10-5-11-17-22(21)33-26(23)28-25(29)24(19-12-6-3-7-13-19)32-20-14-8-4-9-15-20/h3-4,6-9,12-15,24H,2,5,10-11,16-18H2,1H3,(H,28,29)/t24-/m0/s1. The van der Waals surface area contributed by atoms with E-state index in [2.05, 4.69) is 5.32 Å². The van der Waals surface area contributed by atoms with Crippen molar-refractivity contribution >= 4 is 40.0 Å². The molecular weight excluding hydrogens is 450 g/mol. The average Bonchev–Trinajstić information content (AvgIpc) is 3.02. The van der Waals surface area contributed by atoms with E-state index in [0.29, 0.717) is 17.2 Å². The van der Waals surface area contributed by atoms with E-state index in [0.717, 1.165) is 54.5 Å². The van der Waals surface area contributed by atoms with Gasteiger partial charge in [0.15, 0.2) is 0 Å². The molecule has 0 spiro atoms. The van der Waals surface area contributed by atoms with Crippen LogP contribution in [0.1, 0.15) is 64.2 Å². The fourth-order valence-corrected chi connectivity index (χ4v) is 6.35. The topological polar surface area (TPSA) is 55.4 Å². The molecule has 0 unspecified atom stereocenters. The zero-order valence-electron chi connectivity index (χ0n) is 18.8. The molecule has 0 fully saturated rings. The number of esters is 1. The number of ether oxygens (including phenoxy) is 1. The molecule has 1 aliphatic carbocycles. The number of aryl methyl sites for hydroxylation is 1. The van der Waals surface area contributed by atoms with Crippen LogP contribution in [0, 0.1) is 0 Å². The number of carbonyl (C=O) groups excluding carboxylic acids is 2. The molecule has 33 heavy (non-hydrogen) atoms. The molecule has 1 aliphatic rings. The Bertz CT molecular complexity index is 1080. The summed E-state index contributed by atoms with van der Waals surface area (Å²) in [6, 6.07) is 19.7. The first-order valence-corrected chi connectivity index (χ1v) is 13.3. The molecule has 2 aromatic carbocycles. The molecule has 0 aliphatic heterocycles. The number of benzene rings is 2. The molecule has 1 heterocycles. The van der Waals surface area contributed by atoms with Gasteiger partial charge in [-0.1, -0.05) is 61.9 Å². The van der Waals surface area contributed by atoms with Gasteiger partial charge in [-0.2, -0.15) is 0 Å². The molecule has 3 aromatic rings. The summed E-state index contributed by atoms with van der Waals surface area (Å²) < 4.78 is 5.52. The van der Waals surface area contributed by atoms with Crippen LogP contribution < -0.4 is 5.32 Å². The number of thiophene rings is 1. The molecule has 4 rings (SSSR count). The van der Waals surface area contributed by atoms with Crippen molar-refractivity contribution in [1.29, 1.82) is 0 Å². The van der Waals surface area contributed by atoms with E-state index in [1.54, 1.807) is 11.3 Å². The predicted molar refractivity (Wildman–Crippen MR) is 136 cm³/mol. The molecular formula is C27H29NO3S2. The molecule has 1 N–H and O–H groups in total. The van der Waals surface area contributed by atoms with Gasteiger partial charge in [0.2, 0.25) is 5.91 Å². The predicted octanol–water partition coefficient (Wildman–Crippen LogP) is 7.06. The highest BCUT2D eigenvalue weighted by Crippen LogP contribution is 2.41. The lowest BCUT2D eigenvalue weighted by Gasteiger charge is -2.17. The van der Waals surface area contributed by atoms with Crippen molar-refractivity contribution in [2.75, 3.05) is 11.9 Å². The van der Waals surface area contributed by atoms with Crippen LogP contribution in [-0.4, -0.2) is 18.5 Å². The second kappa shape index (κ2) is 11.5. The molecule has 1 amide bonds. The number of nitrogens with one attached hydrogen (secondary N) is 1. The molecule has 0 radical (unpaired) electrons. The van der Waals surface area contributed by atoms with Crippen LogP contribution in [0.2, 0.25) is 0 Å². The maximum Gasteiger partial charge on any atom is 0.341 e. The van der Waals surface area contributed by atoms with Gasteiger partial charge in [0.1, 0.15) is 10.3 Å². The number of rotatable bonds is 8. The van der Waals surface area contributed by atoms with Crippen molar-refractivity contribution in [3.8, 4) is 0 Å². The smallest absolute Gasteiger partial charge is 0.341 e. The summed E-state index contributed by atoms with van der Waals surface area (Å²) in [5.74, 6) is -0.450. The summed E-state index contributed by atoms with van der Waals surface area (Å²) in [5, 5.41) is 3.31. The zero-order valence-corrected chi connectivity index (χ0v) is 20.5. The number of fused-ring (bicyclic) bond motifs is 1.